The van der Waals surface area contributed by atoms with Gasteiger partial charge in [0.25, 0.3) is 4.82 Å². The van der Waals surface area contributed by atoms with Crippen molar-refractivity contribution in [3.05, 3.63) is 60.2 Å². The standard InChI is InChI=1S/C16H16BrNO/c1-18(16(17)19)12-11-13-7-9-15(10-8-13)14-5-3-2-4-6-14/h2-10H,11-12H2,1H3. The second-order valence-electron chi connectivity index (χ2n) is 4.49. The Kier molecular flexibility index (Phi) is 4.74. The molecule has 2 aromatic carbocycles. The monoisotopic (exact) mass is 317 g/mol. The van der Waals surface area contributed by atoms with E-state index in [9.17, 15) is 4.79 Å². The van der Waals surface area contributed by atoms with Crippen LogP contribution in [0.5, 0.6) is 0 Å². The van der Waals surface area contributed by atoms with Gasteiger partial charge in [-0.25, -0.2) is 0 Å². The Balaban J connectivity index is 2.01. The number of carbonyl (C=O) groups is 1. The molecule has 3 heteroatoms. The zero-order valence-electron chi connectivity index (χ0n) is 10.8. The van der Waals surface area contributed by atoms with Crippen LogP contribution in [0.2, 0.25) is 0 Å². The molecule has 0 saturated carbocycles. The average Bonchev–Trinajstić information content (AvgIpc) is 2.46. The van der Waals surface area contributed by atoms with Crippen LogP contribution in [0.15, 0.2) is 54.6 Å². The summed E-state index contributed by atoms with van der Waals surface area (Å²) in [5.41, 5.74) is 3.68. The van der Waals surface area contributed by atoms with Gasteiger partial charge in [0.1, 0.15) is 0 Å². The first kappa shape index (κ1) is 13.8. The lowest BCUT2D eigenvalue weighted by molar-refractivity contribution is 0.235. The average molecular weight is 318 g/mol. The van der Waals surface area contributed by atoms with E-state index in [2.05, 4.69) is 52.3 Å². The maximum absolute atomic E-state index is 11.0. The molecular weight excluding hydrogens is 302 g/mol. The molecular formula is C16H16BrNO. The van der Waals surface area contributed by atoms with Crippen molar-refractivity contribution in [3.63, 3.8) is 0 Å². The molecule has 0 atom stereocenters. The van der Waals surface area contributed by atoms with E-state index < -0.39 is 0 Å². The van der Waals surface area contributed by atoms with Crippen molar-refractivity contribution in [2.75, 3.05) is 13.6 Å². The molecule has 0 fully saturated rings. The van der Waals surface area contributed by atoms with Crippen LogP contribution in [-0.2, 0) is 6.42 Å². The fourth-order valence-electron chi connectivity index (χ4n) is 1.88. The molecule has 0 unspecified atom stereocenters. The summed E-state index contributed by atoms with van der Waals surface area (Å²) in [6.45, 7) is 0.717. The van der Waals surface area contributed by atoms with Gasteiger partial charge in [-0.15, -0.1) is 0 Å². The van der Waals surface area contributed by atoms with E-state index in [0.717, 1.165) is 13.0 Å². The summed E-state index contributed by atoms with van der Waals surface area (Å²) >= 11 is 2.94. The normalized spacial score (nSPS) is 10.2. The molecule has 0 bridgehead atoms. The van der Waals surface area contributed by atoms with E-state index in [0.29, 0.717) is 0 Å². The molecule has 2 rings (SSSR count). The molecule has 0 N–H and O–H groups in total. The number of halogens is 1. The Morgan fingerprint density at radius 2 is 1.58 bits per heavy atom. The zero-order chi connectivity index (χ0) is 13.7. The van der Waals surface area contributed by atoms with Crippen LogP contribution in [-0.4, -0.2) is 23.3 Å². The van der Waals surface area contributed by atoms with Gasteiger partial charge in [-0.2, -0.15) is 0 Å². The van der Waals surface area contributed by atoms with Crippen molar-refractivity contribution < 1.29 is 4.79 Å². The molecule has 0 radical (unpaired) electrons. The topological polar surface area (TPSA) is 20.3 Å². The molecule has 19 heavy (non-hydrogen) atoms. The summed E-state index contributed by atoms with van der Waals surface area (Å²) < 4.78 is 0. The highest BCUT2D eigenvalue weighted by atomic mass is 79.9. The molecule has 2 aromatic rings. The Bertz CT molecular complexity index is 536. The number of hydrogen-bond donors (Lipinski definition) is 0. The summed E-state index contributed by atoms with van der Waals surface area (Å²) in [6.07, 6.45) is 0.864. The molecule has 0 heterocycles. The largest absolute Gasteiger partial charge is 0.336 e. The Morgan fingerprint density at radius 1 is 1.00 bits per heavy atom. The van der Waals surface area contributed by atoms with Crippen molar-refractivity contribution in [2.24, 2.45) is 0 Å². The lowest BCUT2D eigenvalue weighted by Crippen LogP contribution is -2.23. The number of amides is 1. The van der Waals surface area contributed by atoms with Gasteiger partial charge >= 0.3 is 0 Å². The van der Waals surface area contributed by atoms with E-state index in [1.165, 1.54) is 16.7 Å². The third-order valence-electron chi connectivity index (χ3n) is 3.10. The Morgan fingerprint density at radius 3 is 2.16 bits per heavy atom. The van der Waals surface area contributed by atoms with E-state index in [4.69, 9.17) is 0 Å². The second-order valence-corrected chi connectivity index (χ2v) is 5.17. The highest BCUT2D eigenvalue weighted by Gasteiger charge is 2.04. The van der Waals surface area contributed by atoms with E-state index in [1.54, 1.807) is 11.9 Å². The maximum Gasteiger partial charge on any atom is 0.289 e. The van der Waals surface area contributed by atoms with Gasteiger partial charge in [0.05, 0.1) is 0 Å². The van der Waals surface area contributed by atoms with Crippen LogP contribution in [0, 0.1) is 0 Å². The number of carbonyl (C=O) groups excluding carboxylic acids is 1. The molecule has 0 saturated heterocycles. The number of benzene rings is 2. The molecule has 0 aliphatic rings. The van der Waals surface area contributed by atoms with Gasteiger partial charge in [0, 0.05) is 29.5 Å². The number of nitrogens with zero attached hydrogens (tertiary/aromatic N) is 1. The number of hydrogen-bond acceptors (Lipinski definition) is 1. The summed E-state index contributed by atoms with van der Waals surface area (Å²) in [5, 5.41) is 0. The van der Waals surface area contributed by atoms with Crippen molar-refractivity contribution >= 4 is 20.7 Å². The van der Waals surface area contributed by atoms with Gasteiger partial charge in [-0.1, -0.05) is 54.6 Å². The first-order valence-corrected chi connectivity index (χ1v) is 7.01. The zero-order valence-corrected chi connectivity index (χ0v) is 12.4. The number of rotatable bonds is 4. The van der Waals surface area contributed by atoms with Crippen LogP contribution in [0.4, 0.5) is 4.79 Å². The molecule has 2 nitrogen and oxygen atoms in total. The molecule has 0 spiro atoms. The minimum Gasteiger partial charge on any atom is -0.336 e. The lowest BCUT2D eigenvalue weighted by atomic mass is 10.0. The maximum atomic E-state index is 11.0. The summed E-state index contributed by atoms with van der Waals surface area (Å²) in [4.78, 5) is 12.6. The van der Waals surface area contributed by atoms with Crippen molar-refractivity contribution in [3.8, 4) is 11.1 Å². The highest BCUT2D eigenvalue weighted by Crippen LogP contribution is 2.19. The van der Waals surface area contributed by atoms with Gasteiger partial charge in [0.2, 0.25) is 0 Å². The van der Waals surface area contributed by atoms with Crippen LogP contribution in [0.25, 0.3) is 11.1 Å². The summed E-state index contributed by atoms with van der Waals surface area (Å²) in [5.74, 6) is 0. The molecule has 98 valence electrons. The third kappa shape index (κ3) is 3.93. The van der Waals surface area contributed by atoms with Gasteiger partial charge in [-0.05, 0) is 23.1 Å². The van der Waals surface area contributed by atoms with E-state index in [-0.39, 0.29) is 4.82 Å². The molecule has 0 aliphatic carbocycles. The van der Waals surface area contributed by atoms with E-state index >= 15 is 0 Å². The highest BCUT2D eigenvalue weighted by molar-refractivity contribution is 9.18. The first-order chi connectivity index (χ1) is 9.16. The van der Waals surface area contributed by atoms with Crippen molar-refractivity contribution in [1.82, 2.24) is 4.90 Å². The Hall–Kier alpha value is -1.61. The van der Waals surface area contributed by atoms with Gasteiger partial charge in [0.15, 0.2) is 0 Å². The van der Waals surface area contributed by atoms with Gasteiger partial charge < -0.3 is 4.90 Å². The third-order valence-corrected chi connectivity index (χ3v) is 3.70. The number of likely N-dealkylation sites (N-methyl/N-ethyl adjacent to an activating group) is 1. The molecule has 0 aliphatic heterocycles. The summed E-state index contributed by atoms with van der Waals surface area (Å²) in [7, 11) is 1.79. The van der Waals surface area contributed by atoms with Crippen LogP contribution < -0.4 is 0 Å². The van der Waals surface area contributed by atoms with Crippen LogP contribution >= 0.6 is 15.9 Å². The quantitative estimate of drug-likeness (QED) is 0.606. The van der Waals surface area contributed by atoms with Crippen LogP contribution in [0.1, 0.15) is 5.56 Å². The second kappa shape index (κ2) is 6.53. The molecule has 1 amide bonds. The van der Waals surface area contributed by atoms with Crippen molar-refractivity contribution in [2.45, 2.75) is 6.42 Å². The van der Waals surface area contributed by atoms with Crippen LogP contribution in [0.3, 0.4) is 0 Å². The fourth-order valence-corrected chi connectivity index (χ4v) is 2.06. The lowest BCUT2D eigenvalue weighted by Gasteiger charge is -2.13. The van der Waals surface area contributed by atoms with E-state index in [1.807, 2.05) is 18.2 Å². The molecule has 0 aromatic heterocycles. The predicted octanol–water partition coefficient (Wildman–Crippen LogP) is 4.34. The smallest absolute Gasteiger partial charge is 0.289 e. The Labute approximate surface area is 122 Å². The van der Waals surface area contributed by atoms with Gasteiger partial charge in [-0.3, -0.25) is 4.79 Å². The minimum absolute atomic E-state index is 0.0756. The SMILES string of the molecule is CN(CCc1ccc(-c2ccccc2)cc1)C(=O)Br. The first-order valence-electron chi connectivity index (χ1n) is 6.22. The summed E-state index contributed by atoms with van der Waals surface area (Å²) in [6, 6.07) is 18.8. The fraction of sp³-hybridized carbons (Fsp3) is 0.188. The predicted molar refractivity (Wildman–Crippen MR) is 82.5 cm³/mol. The van der Waals surface area contributed by atoms with Crippen molar-refractivity contribution in [1.29, 1.82) is 0 Å². The minimum atomic E-state index is -0.0756.